The molecule has 0 aliphatic rings. The molecule has 0 unspecified atom stereocenters. The van der Waals surface area contributed by atoms with Gasteiger partial charge in [0.1, 0.15) is 12.4 Å². The molecular formula is C24H26N4O4S. The Hall–Kier alpha value is -3.59. The van der Waals surface area contributed by atoms with Crippen LogP contribution >= 0.6 is 11.8 Å². The maximum atomic E-state index is 12.4. The Kier molecular flexibility index (Phi) is 8.26. The van der Waals surface area contributed by atoms with Gasteiger partial charge in [-0.3, -0.25) is 9.36 Å². The van der Waals surface area contributed by atoms with E-state index in [1.54, 1.807) is 30.3 Å². The van der Waals surface area contributed by atoms with Crippen LogP contribution in [0.3, 0.4) is 0 Å². The number of hydrogen-bond donors (Lipinski definition) is 1. The molecule has 1 N–H and O–H groups in total. The molecule has 0 aliphatic heterocycles. The third kappa shape index (κ3) is 6.45. The molecule has 0 aliphatic carbocycles. The second-order valence-corrected chi connectivity index (χ2v) is 8.20. The maximum absolute atomic E-state index is 12.4. The largest absolute Gasteiger partial charge is 0.485 e. The molecule has 8 nitrogen and oxygen atoms in total. The molecule has 2 aromatic carbocycles. The van der Waals surface area contributed by atoms with Crippen LogP contribution in [0.2, 0.25) is 0 Å². The third-order valence-electron chi connectivity index (χ3n) is 4.71. The number of benzene rings is 2. The molecule has 0 radical (unpaired) electrons. The third-order valence-corrected chi connectivity index (χ3v) is 5.68. The van der Waals surface area contributed by atoms with Crippen LogP contribution in [0.5, 0.6) is 5.75 Å². The Morgan fingerprint density at radius 2 is 1.91 bits per heavy atom. The fraction of sp³-hybridized carbons (Fsp3) is 0.250. The van der Waals surface area contributed by atoms with Crippen LogP contribution in [0.1, 0.15) is 27.3 Å². The Morgan fingerprint density at radius 1 is 1.15 bits per heavy atom. The van der Waals surface area contributed by atoms with Crippen molar-refractivity contribution in [2.45, 2.75) is 32.2 Å². The van der Waals surface area contributed by atoms with Crippen molar-refractivity contribution in [1.82, 2.24) is 14.8 Å². The number of ether oxygens (including phenoxy) is 2. The maximum Gasteiger partial charge on any atom is 0.337 e. The number of amides is 1. The highest BCUT2D eigenvalue weighted by Gasteiger charge is 2.15. The molecule has 0 saturated heterocycles. The summed E-state index contributed by atoms with van der Waals surface area (Å²) in [6.07, 6.45) is 1.75. The Balaban J connectivity index is 1.60. The van der Waals surface area contributed by atoms with Crippen molar-refractivity contribution < 1.29 is 19.1 Å². The van der Waals surface area contributed by atoms with E-state index in [9.17, 15) is 9.59 Å². The van der Waals surface area contributed by atoms with E-state index in [1.165, 1.54) is 24.4 Å². The molecule has 1 amide bonds. The van der Waals surface area contributed by atoms with Gasteiger partial charge in [-0.15, -0.1) is 16.8 Å². The van der Waals surface area contributed by atoms with Gasteiger partial charge in [-0.1, -0.05) is 35.5 Å². The van der Waals surface area contributed by atoms with Crippen molar-refractivity contribution in [2.75, 3.05) is 18.2 Å². The van der Waals surface area contributed by atoms with Crippen molar-refractivity contribution in [3.05, 3.63) is 77.6 Å². The zero-order chi connectivity index (χ0) is 23.8. The Morgan fingerprint density at radius 3 is 2.58 bits per heavy atom. The van der Waals surface area contributed by atoms with Gasteiger partial charge >= 0.3 is 5.97 Å². The number of thioether (sulfide) groups is 1. The fourth-order valence-corrected chi connectivity index (χ4v) is 3.85. The first-order valence-corrected chi connectivity index (χ1v) is 11.2. The number of carbonyl (C=O) groups is 2. The first-order valence-electron chi connectivity index (χ1n) is 10.2. The van der Waals surface area contributed by atoms with E-state index < -0.39 is 5.97 Å². The summed E-state index contributed by atoms with van der Waals surface area (Å²) in [4.78, 5) is 23.9. The molecule has 3 aromatic rings. The smallest absolute Gasteiger partial charge is 0.337 e. The van der Waals surface area contributed by atoms with E-state index in [0.717, 1.165) is 11.3 Å². The fourth-order valence-electron chi connectivity index (χ4n) is 3.08. The average Bonchev–Trinajstić information content (AvgIpc) is 3.19. The summed E-state index contributed by atoms with van der Waals surface area (Å²) < 4.78 is 12.5. The molecule has 1 aromatic heterocycles. The summed E-state index contributed by atoms with van der Waals surface area (Å²) in [6.45, 7) is 8.59. The molecule has 3 rings (SSSR count). The van der Waals surface area contributed by atoms with Gasteiger partial charge in [-0.2, -0.15) is 0 Å². The quantitative estimate of drug-likeness (QED) is 0.272. The van der Waals surface area contributed by atoms with Crippen LogP contribution < -0.4 is 10.1 Å². The van der Waals surface area contributed by atoms with E-state index in [4.69, 9.17) is 4.74 Å². The van der Waals surface area contributed by atoms with Crippen LogP contribution in [-0.4, -0.2) is 39.5 Å². The molecular weight excluding hydrogens is 440 g/mol. The highest BCUT2D eigenvalue weighted by molar-refractivity contribution is 7.99. The first kappa shape index (κ1) is 24.1. The van der Waals surface area contributed by atoms with Gasteiger partial charge in [-0.25, -0.2) is 4.79 Å². The van der Waals surface area contributed by atoms with E-state index in [-0.39, 0.29) is 18.3 Å². The van der Waals surface area contributed by atoms with E-state index in [2.05, 4.69) is 32.9 Å². The topological polar surface area (TPSA) is 95.3 Å². The SMILES string of the molecule is C=CCn1c(COc2ccc(C)cc2C)nnc1SCC(=O)Nc1ccc(C(=O)OC)cc1. The summed E-state index contributed by atoms with van der Waals surface area (Å²) in [5.41, 5.74) is 3.23. The minimum absolute atomic E-state index is 0.145. The molecule has 0 atom stereocenters. The monoisotopic (exact) mass is 466 g/mol. The van der Waals surface area contributed by atoms with Crippen molar-refractivity contribution in [2.24, 2.45) is 0 Å². The second-order valence-electron chi connectivity index (χ2n) is 7.26. The highest BCUT2D eigenvalue weighted by atomic mass is 32.2. The molecule has 9 heteroatoms. The predicted octanol–water partition coefficient (Wildman–Crippen LogP) is 4.18. The molecule has 172 valence electrons. The zero-order valence-electron chi connectivity index (χ0n) is 18.8. The van der Waals surface area contributed by atoms with Crippen LogP contribution in [0.15, 0.2) is 60.3 Å². The number of nitrogens with zero attached hydrogens (tertiary/aromatic N) is 3. The number of rotatable bonds is 10. The zero-order valence-corrected chi connectivity index (χ0v) is 19.6. The van der Waals surface area contributed by atoms with E-state index in [0.29, 0.717) is 28.8 Å². The van der Waals surface area contributed by atoms with Crippen LogP contribution in [0.4, 0.5) is 5.69 Å². The van der Waals surface area contributed by atoms with Gasteiger partial charge in [0.25, 0.3) is 0 Å². The molecule has 0 fully saturated rings. The van der Waals surface area contributed by atoms with E-state index >= 15 is 0 Å². The second kappa shape index (κ2) is 11.3. The lowest BCUT2D eigenvalue weighted by atomic mass is 10.1. The minimum atomic E-state index is -0.428. The molecule has 1 heterocycles. The minimum Gasteiger partial charge on any atom is -0.485 e. The number of hydrogen-bond acceptors (Lipinski definition) is 7. The summed E-state index contributed by atoms with van der Waals surface area (Å²) in [6, 6.07) is 12.5. The predicted molar refractivity (Wildman–Crippen MR) is 128 cm³/mol. The first-order chi connectivity index (χ1) is 15.9. The normalized spacial score (nSPS) is 10.5. The number of allylic oxidation sites excluding steroid dienone is 1. The van der Waals surface area contributed by atoms with Gasteiger partial charge in [0.15, 0.2) is 11.0 Å². The summed E-state index contributed by atoms with van der Waals surface area (Å²) in [7, 11) is 1.32. The summed E-state index contributed by atoms with van der Waals surface area (Å²) >= 11 is 1.27. The lowest BCUT2D eigenvalue weighted by Gasteiger charge is -2.11. The number of aryl methyl sites for hydroxylation is 2. The van der Waals surface area contributed by atoms with E-state index in [1.807, 2.05) is 30.5 Å². The average molecular weight is 467 g/mol. The summed E-state index contributed by atoms with van der Waals surface area (Å²) in [5, 5.41) is 11.9. The summed E-state index contributed by atoms with van der Waals surface area (Å²) in [5.74, 6) is 0.956. The van der Waals surface area contributed by atoms with Crippen molar-refractivity contribution in [1.29, 1.82) is 0 Å². The number of aromatic nitrogens is 3. The van der Waals surface area contributed by atoms with Gasteiger partial charge < -0.3 is 14.8 Å². The number of methoxy groups -OCH3 is 1. The van der Waals surface area contributed by atoms with Gasteiger partial charge in [0.2, 0.25) is 5.91 Å². The van der Waals surface area contributed by atoms with Crippen LogP contribution in [-0.2, 0) is 22.7 Å². The number of anilines is 1. The highest BCUT2D eigenvalue weighted by Crippen LogP contribution is 2.22. The van der Waals surface area contributed by atoms with Gasteiger partial charge in [0, 0.05) is 12.2 Å². The Labute approximate surface area is 197 Å². The lowest BCUT2D eigenvalue weighted by molar-refractivity contribution is -0.113. The standard InChI is InChI=1S/C24H26N4O4S/c1-5-12-28-21(14-32-20-11-6-16(2)13-17(20)3)26-27-24(28)33-15-22(29)25-19-9-7-18(8-10-19)23(30)31-4/h5-11,13H,1,12,14-15H2,2-4H3,(H,25,29). The number of nitrogens with one attached hydrogen (secondary N) is 1. The molecule has 33 heavy (non-hydrogen) atoms. The van der Waals surface area contributed by atoms with Crippen LogP contribution in [0.25, 0.3) is 0 Å². The molecule has 0 spiro atoms. The van der Waals surface area contributed by atoms with Gasteiger partial charge in [0.05, 0.1) is 18.4 Å². The van der Waals surface area contributed by atoms with Gasteiger partial charge in [-0.05, 0) is 49.7 Å². The number of esters is 1. The molecule has 0 bridgehead atoms. The molecule has 0 saturated carbocycles. The number of carbonyl (C=O) groups excluding carboxylic acids is 2. The van der Waals surface area contributed by atoms with Crippen molar-refractivity contribution in [3.63, 3.8) is 0 Å². The van der Waals surface area contributed by atoms with Crippen molar-refractivity contribution >= 4 is 29.3 Å². The Bertz CT molecular complexity index is 1140. The van der Waals surface area contributed by atoms with Crippen LogP contribution in [0, 0.1) is 13.8 Å². The van der Waals surface area contributed by atoms with Crippen molar-refractivity contribution in [3.8, 4) is 5.75 Å². The lowest BCUT2D eigenvalue weighted by Crippen LogP contribution is -2.15.